The van der Waals surface area contributed by atoms with E-state index in [1.807, 2.05) is 6.92 Å². The number of carbonyl (C=O) groups is 2. The van der Waals surface area contributed by atoms with Crippen molar-refractivity contribution in [2.75, 3.05) is 17.2 Å². The molecule has 0 aliphatic carbocycles. The zero-order chi connectivity index (χ0) is 14.4. The van der Waals surface area contributed by atoms with E-state index >= 15 is 0 Å². The Balaban J connectivity index is 2.68. The minimum atomic E-state index is -0.199. The summed E-state index contributed by atoms with van der Waals surface area (Å²) in [4.78, 5) is 22.6. The Morgan fingerprint density at radius 2 is 2.05 bits per heavy atom. The lowest BCUT2D eigenvalue weighted by atomic mass is 10.1. The molecule has 0 saturated heterocycles. The van der Waals surface area contributed by atoms with Crippen molar-refractivity contribution in [1.29, 1.82) is 0 Å². The largest absolute Gasteiger partial charge is 0.330 e. The third kappa shape index (κ3) is 5.28. The standard InChI is InChI=1S/C13H18ClN3O2/c1-8(7-15)5-13(19)17-10-3-4-12(11(14)6-10)16-9(2)18/h3-4,6,8H,5,7,15H2,1-2H3,(H,16,18)(H,17,19). The highest BCUT2D eigenvalue weighted by Crippen LogP contribution is 2.25. The van der Waals surface area contributed by atoms with Gasteiger partial charge in [0.25, 0.3) is 0 Å². The molecule has 0 radical (unpaired) electrons. The lowest BCUT2D eigenvalue weighted by Crippen LogP contribution is -2.20. The Kier molecular flexibility index (Phi) is 5.79. The summed E-state index contributed by atoms with van der Waals surface area (Å²) in [5.41, 5.74) is 6.57. The van der Waals surface area contributed by atoms with Crippen LogP contribution in [0.4, 0.5) is 11.4 Å². The van der Waals surface area contributed by atoms with Crippen molar-refractivity contribution in [3.8, 4) is 0 Å². The summed E-state index contributed by atoms with van der Waals surface area (Å²) in [7, 11) is 0. The van der Waals surface area contributed by atoms with Crippen molar-refractivity contribution in [2.45, 2.75) is 20.3 Å². The van der Waals surface area contributed by atoms with Crippen molar-refractivity contribution in [1.82, 2.24) is 0 Å². The van der Waals surface area contributed by atoms with Gasteiger partial charge in [0, 0.05) is 19.0 Å². The molecule has 1 atom stereocenters. The van der Waals surface area contributed by atoms with Crippen LogP contribution in [0.1, 0.15) is 20.3 Å². The van der Waals surface area contributed by atoms with Gasteiger partial charge < -0.3 is 16.4 Å². The van der Waals surface area contributed by atoms with Gasteiger partial charge in [-0.15, -0.1) is 0 Å². The molecule has 1 aromatic rings. The average Bonchev–Trinajstić information content (AvgIpc) is 2.32. The van der Waals surface area contributed by atoms with Gasteiger partial charge in [-0.25, -0.2) is 0 Å². The fourth-order valence-corrected chi connectivity index (χ4v) is 1.72. The molecule has 0 fully saturated rings. The fourth-order valence-electron chi connectivity index (χ4n) is 1.50. The van der Waals surface area contributed by atoms with Gasteiger partial charge in [0.1, 0.15) is 0 Å². The molecule has 5 nitrogen and oxygen atoms in total. The maximum absolute atomic E-state index is 11.7. The zero-order valence-electron chi connectivity index (χ0n) is 11.0. The van der Waals surface area contributed by atoms with Gasteiger partial charge in [-0.05, 0) is 30.7 Å². The molecule has 1 rings (SSSR count). The summed E-state index contributed by atoms with van der Waals surface area (Å²) in [6, 6.07) is 4.92. The van der Waals surface area contributed by atoms with Crippen LogP contribution in [-0.2, 0) is 9.59 Å². The van der Waals surface area contributed by atoms with Gasteiger partial charge in [0.2, 0.25) is 11.8 Å². The first-order valence-corrected chi connectivity index (χ1v) is 6.37. The van der Waals surface area contributed by atoms with Crippen LogP contribution in [0, 0.1) is 5.92 Å². The van der Waals surface area contributed by atoms with Gasteiger partial charge in [-0.1, -0.05) is 18.5 Å². The predicted octanol–water partition coefficient (Wildman–Crippen LogP) is 2.22. The van der Waals surface area contributed by atoms with E-state index in [1.165, 1.54) is 6.92 Å². The van der Waals surface area contributed by atoms with E-state index < -0.39 is 0 Å². The van der Waals surface area contributed by atoms with Crippen molar-refractivity contribution in [3.63, 3.8) is 0 Å². The fraction of sp³-hybridized carbons (Fsp3) is 0.385. The summed E-state index contributed by atoms with van der Waals surface area (Å²) >= 11 is 6.00. The van der Waals surface area contributed by atoms with E-state index in [9.17, 15) is 9.59 Å². The number of nitrogens with two attached hydrogens (primary N) is 1. The molecular weight excluding hydrogens is 266 g/mol. The first-order chi connectivity index (χ1) is 8.92. The normalized spacial score (nSPS) is 11.8. The Morgan fingerprint density at radius 1 is 1.37 bits per heavy atom. The average molecular weight is 284 g/mol. The van der Waals surface area contributed by atoms with Crippen LogP contribution in [0.2, 0.25) is 5.02 Å². The predicted molar refractivity (Wildman–Crippen MR) is 77.2 cm³/mol. The Hall–Kier alpha value is -1.59. The highest BCUT2D eigenvalue weighted by atomic mass is 35.5. The minimum Gasteiger partial charge on any atom is -0.330 e. The molecule has 0 aromatic heterocycles. The minimum absolute atomic E-state index is 0.110. The molecule has 4 N–H and O–H groups in total. The first kappa shape index (κ1) is 15.5. The van der Waals surface area contributed by atoms with Crippen LogP contribution < -0.4 is 16.4 Å². The lowest BCUT2D eigenvalue weighted by molar-refractivity contribution is -0.117. The number of nitrogens with one attached hydrogen (secondary N) is 2. The molecule has 0 heterocycles. The quantitative estimate of drug-likeness (QED) is 0.775. The second kappa shape index (κ2) is 7.11. The molecule has 2 amide bonds. The highest BCUT2D eigenvalue weighted by molar-refractivity contribution is 6.34. The van der Waals surface area contributed by atoms with Crippen molar-refractivity contribution in [3.05, 3.63) is 23.2 Å². The Labute approximate surface area is 117 Å². The van der Waals surface area contributed by atoms with E-state index in [1.54, 1.807) is 18.2 Å². The SMILES string of the molecule is CC(=O)Nc1ccc(NC(=O)CC(C)CN)cc1Cl. The molecule has 19 heavy (non-hydrogen) atoms. The number of benzene rings is 1. The molecule has 0 aliphatic rings. The van der Waals surface area contributed by atoms with E-state index in [4.69, 9.17) is 17.3 Å². The number of carbonyl (C=O) groups excluding carboxylic acids is 2. The molecule has 0 saturated carbocycles. The van der Waals surface area contributed by atoms with Gasteiger partial charge in [-0.2, -0.15) is 0 Å². The lowest BCUT2D eigenvalue weighted by Gasteiger charge is -2.11. The summed E-state index contributed by atoms with van der Waals surface area (Å²) < 4.78 is 0. The highest BCUT2D eigenvalue weighted by Gasteiger charge is 2.09. The molecular formula is C13H18ClN3O2. The smallest absolute Gasteiger partial charge is 0.224 e. The molecule has 0 aliphatic heterocycles. The topological polar surface area (TPSA) is 84.2 Å². The van der Waals surface area contributed by atoms with Crippen LogP contribution in [0.25, 0.3) is 0 Å². The maximum Gasteiger partial charge on any atom is 0.224 e. The van der Waals surface area contributed by atoms with Crippen LogP contribution in [0.5, 0.6) is 0 Å². The number of amides is 2. The summed E-state index contributed by atoms with van der Waals surface area (Å²) in [5, 5.41) is 5.71. The van der Waals surface area contributed by atoms with Crippen molar-refractivity contribution in [2.24, 2.45) is 11.7 Å². The molecule has 1 aromatic carbocycles. The summed E-state index contributed by atoms with van der Waals surface area (Å²) in [6.07, 6.45) is 0.363. The number of rotatable bonds is 5. The van der Waals surface area contributed by atoms with Crippen LogP contribution >= 0.6 is 11.6 Å². The first-order valence-electron chi connectivity index (χ1n) is 5.99. The second-order valence-corrected chi connectivity index (χ2v) is 4.88. The summed E-state index contributed by atoms with van der Waals surface area (Å²) in [5.74, 6) is -0.175. The number of anilines is 2. The number of halogens is 1. The van der Waals surface area contributed by atoms with Crippen LogP contribution in [0.15, 0.2) is 18.2 Å². The molecule has 104 valence electrons. The van der Waals surface area contributed by atoms with Crippen molar-refractivity contribution < 1.29 is 9.59 Å². The van der Waals surface area contributed by atoms with Crippen LogP contribution in [0.3, 0.4) is 0 Å². The molecule has 6 heteroatoms. The van der Waals surface area contributed by atoms with Gasteiger partial charge >= 0.3 is 0 Å². The third-order valence-electron chi connectivity index (χ3n) is 2.50. The van der Waals surface area contributed by atoms with E-state index in [2.05, 4.69) is 10.6 Å². The van der Waals surface area contributed by atoms with Gasteiger partial charge in [-0.3, -0.25) is 9.59 Å². The number of hydrogen-bond acceptors (Lipinski definition) is 3. The van der Waals surface area contributed by atoms with Crippen LogP contribution in [-0.4, -0.2) is 18.4 Å². The summed E-state index contributed by atoms with van der Waals surface area (Å²) in [6.45, 7) is 3.78. The number of hydrogen-bond donors (Lipinski definition) is 3. The zero-order valence-corrected chi connectivity index (χ0v) is 11.8. The molecule has 0 bridgehead atoms. The van der Waals surface area contributed by atoms with Gasteiger partial charge in [0.15, 0.2) is 0 Å². The van der Waals surface area contributed by atoms with E-state index in [0.29, 0.717) is 29.4 Å². The maximum atomic E-state index is 11.7. The Bertz CT molecular complexity index is 477. The monoisotopic (exact) mass is 283 g/mol. The van der Waals surface area contributed by atoms with E-state index in [0.717, 1.165) is 0 Å². The van der Waals surface area contributed by atoms with E-state index in [-0.39, 0.29) is 17.7 Å². The second-order valence-electron chi connectivity index (χ2n) is 4.47. The van der Waals surface area contributed by atoms with Crippen molar-refractivity contribution >= 4 is 34.8 Å². The third-order valence-corrected chi connectivity index (χ3v) is 2.81. The molecule has 1 unspecified atom stereocenters. The Morgan fingerprint density at radius 3 is 2.58 bits per heavy atom. The van der Waals surface area contributed by atoms with Gasteiger partial charge in [0.05, 0.1) is 10.7 Å². The molecule has 0 spiro atoms.